The molecule has 0 N–H and O–H groups in total. The number of nitrogens with zero attached hydrogens (tertiary/aromatic N) is 2. The molecule has 2 aromatic heterocycles. The van der Waals surface area contributed by atoms with Gasteiger partial charge < -0.3 is 0 Å². The average Bonchev–Trinajstić information content (AvgIpc) is 2.78. The summed E-state index contributed by atoms with van der Waals surface area (Å²) >= 11 is 0. The molecule has 1 aliphatic carbocycles. The summed E-state index contributed by atoms with van der Waals surface area (Å²) in [5.41, 5.74) is 8.66. The molecule has 0 atom stereocenters. The zero-order chi connectivity index (χ0) is 22.3. The molecule has 0 saturated heterocycles. The molecule has 0 unspecified atom stereocenters. The molecular weight excluding hydrogens is 392 g/mol. The molecule has 32 heavy (non-hydrogen) atoms. The maximum absolute atomic E-state index is 13.4. The Bertz CT molecular complexity index is 1310. The molecule has 0 aliphatic heterocycles. The second-order valence-corrected chi connectivity index (χ2v) is 9.40. The third-order valence-corrected chi connectivity index (χ3v) is 6.21. The van der Waals surface area contributed by atoms with E-state index in [4.69, 9.17) is 4.98 Å². The Labute approximate surface area is 189 Å². The van der Waals surface area contributed by atoms with E-state index >= 15 is 0 Å². The molecule has 2 heterocycles. The summed E-state index contributed by atoms with van der Waals surface area (Å²) in [7, 11) is 0. The number of Topliss-reactive ketones (excluding diaryl/α,β-unsaturated/α-hetero) is 1. The van der Waals surface area contributed by atoms with Gasteiger partial charge in [-0.25, -0.2) is 0 Å². The summed E-state index contributed by atoms with van der Waals surface area (Å²) in [6, 6.07) is 24.6. The number of carbonyl (C=O) groups excluding carboxylic acids is 1. The van der Waals surface area contributed by atoms with Gasteiger partial charge in [0.05, 0.1) is 17.1 Å². The van der Waals surface area contributed by atoms with Crippen LogP contribution >= 0.6 is 0 Å². The van der Waals surface area contributed by atoms with Gasteiger partial charge in [-0.05, 0) is 64.8 Å². The Morgan fingerprint density at radius 3 is 2.31 bits per heavy atom. The second-order valence-electron chi connectivity index (χ2n) is 9.40. The van der Waals surface area contributed by atoms with Crippen molar-refractivity contribution in [3.8, 4) is 33.6 Å². The van der Waals surface area contributed by atoms with E-state index in [1.54, 1.807) is 6.20 Å². The standard InChI is InChI=1S/C29H26N2O/c1-19-10-9-13-21(20-11-5-4-6-12-20)27(19)22-16-24(23-14-7-8-15-30-23)31-25-17-29(2,3)18-26(32)28(22)25/h4-16H,17-18H2,1-3H3. The van der Waals surface area contributed by atoms with E-state index in [2.05, 4.69) is 74.3 Å². The van der Waals surface area contributed by atoms with E-state index in [1.807, 2.05) is 24.3 Å². The highest BCUT2D eigenvalue weighted by Crippen LogP contribution is 2.43. The summed E-state index contributed by atoms with van der Waals surface area (Å²) in [6.45, 7) is 6.41. The van der Waals surface area contributed by atoms with Crippen LogP contribution in [0.15, 0.2) is 79.0 Å². The van der Waals surface area contributed by atoms with Gasteiger partial charge in [-0.1, -0.05) is 68.4 Å². The van der Waals surface area contributed by atoms with Crippen molar-refractivity contribution in [3.05, 3.63) is 95.8 Å². The molecule has 4 aromatic rings. The summed E-state index contributed by atoms with van der Waals surface area (Å²) in [5.74, 6) is 0.175. The summed E-state index contributed by atoms with van der Waals surface area (Å²) in [4.78, 5) is 23.0. The van der Waals surface area contributed by atoms with Crippen LogP contribution in [0.4, 0.5) is 0 Å². The zero-order valence-electron chi connectivity index (χ0n) is 18.7. The van der Waals surface area contributed by atoms with Crippen LogP contribution in [-0.2, 0) is 6.42 Å². The molecule has 0 spiro atoms. The predicted octanol–water partition coefficient (Wildman–Crippen LogP) is 6.94. The third-order valence-electron chi connectivity index (χ3n) is 6.21. The van der Waals surface area contributed by atoms with E-state index in [0.717, 1.165) is 56.9 Å². The third kappa shape index (κ3) is 3.64. The first kappa shape index (κ1) is 20.3. The number of pyridine rings is 2. The SMILES string of the molecule is Cc1cccc(-c2ccccc2)c1-c1cc(-c2ccccn2)nc2c1C(=O)CC(C)(C)C2. The number of ketones is 1. The number of aromatic nitrogens is 2. The van der Waals surface area contributed by atoms with E-state index in [-0.39, 0.29) is 11.2 Å². The van der Waals surface area contributed by atoms with Gasteiger partial charge in [0.1, 0.15) is 0 Å². The van der Waals surface area contributed by atoms with Gasteiger partial charge in [-0.3, -0.25) is 14.8 Å². The number of benzene rings is 2. The fraction of sp³-hybridized carbons (Fsp3) is 0.207. The molecular formula is C29H26N2O. The van der Waals surface area contributed by atoms with Gasteiger partial charge in [0.25, 0.3) is 0 Å². The van der Waals surface area contributed by atoms with Gasteiger partial charge in [0.2, 0.25) is 0 Å². The Morgan fingerprint density at radius 1 is 0.781 bits per heavy atom. The fourth-order valence-corrected chi connectivity index (χ4v) is 4.80. The molecule has 0 amide bonds. The van der Waals surface area contributed by atoms with Crippen molar-refractivity contribution in [1.82, 2.24) is 9.97 Å². The van der Waals surface area contributed by atoms with Gasteiger partial charge in [0, 0.05) is 18.2 Å². The lowest BCUT2D eigenvalue weighted by atomic mass is 9.73. The minimum atomic E-state index is -0.106. The van der Waals surface area contributed by atoms with Crippen molar-refractivity contribution < 1.29 is 4.79 Å². The van der Waals surface area contributed by atoms with E-state index in [9.17, 15) is 4.79 Å². The van der Waals surface area contributed by atoms with Crippen LogP contribution in [0.2, 0.25) is 0 Å². The average molecular weight is 419 g/mol. The fourth-order valence-electron chi connectivity index (χ4n) is 4.80. The van der Waals surface area contributed by atoms with Crippen molar-refractivity contribution in [2.75, 3.05) is 0 Å². The smallest absolute Gasteiger partial charge is 0.165 e. The first-order chi connectivity index (χ1) is 15.4. The highest BCUT2D eigenvalue weighted by molar-refractivity contribution is 6.07. The zero-order valence-corrected chi connectivity index (χ0v) is 18.7. The second kappa shape index (κ2) is 7.83. The maximum Gasteiger partial charge on any atom is 0.165 e. The molecule has 5 rings (SSSR count). The molecule has 2 aromatic carbocycles. The van der Waals surface area contributed by atoms with E-state index < -0.39 is 0 Å². The minimum absolute atomic E-state index is 0.106. The van der Waals surface area contributed by atoms with Gasteiger partial charge in [-0.2, -0.15) is 0 Å². The normalized spacial score (nSPS) is 14.8. The number of hydrogen-bond acceptors (Lipinski definition) is 3. The topological polar surface area (TPSA) is 42.9 Å². The lowest BCUT2D eigenvalue weighted by molar-refractivity contribution is 0.0911. The summed E-state index contributed by atoms with van der Waals surface area (Å²) in [5, 5.41) is 0. The first-order valence-corrected chi connectivity index (χ1v) is 11.1. The Kier molecular flexibility index (Phi) is 4.97. The van der Waals surface area contributed by atoms with Crippen LogP contribution in [-0.4, -0.2) is 15.8 Å². The van der Waals surface area contributed by atoms with Crippen LogP contribution in [0.5, 0.6) is 0 Å². The van der Waals surface area contributed by atoms with Crippen LogP contribution in [0, 0.1) is 12.3 Å². The lowest BCUT2D eigenvalue weighted by Crippen LogP contribution is -2.28. The molecule has 1 aliphatic rings. The van der Waals surface area contributed by atoms with Crippen molar-refractivity contribution >= 4 is 5.78 Å². The number of aryl methyl sites for hydroxylation is 1. The number of fused-ring (bicyclic) bond motifs is 1. The summed E-state index contributed by atoms with van der Waals surface area (Å²) in [6.07, 6.45) is 3.09. The Balaban J connectivity index is 1.84. The van der Waals surface area contributed by atoms with Crippen molar-refractivity contribution in [2.45, 2.75) is 33.6 Å². The molecule has 3 nitrogen and oxygen atoms in total. The van der Waals surface area contributed by atoms with Crippen molar-refractivity contribution in [1.29, 1.82) is 0 Å². The monoisotopic (exact) mass is 418 g/mol. The van der Waals surface area contributed by atoms with Gasteiger partial charge >= 0.3 is 0 Å². The molecule has 0 saturated carbocycles. The molecule has 0 bridgehead atoms. The number of carbonyl (C=O) groups is 1. The van der Waals surface area contributed by atoms with Crippen LogP contribution in [0.25, 0.3) is 33.6 Å². The lowest BCUT2D eigenvalue weighted by Gasteiger charge is -2.31. The van der Waals surface area contributed by atoms with Gasteiger partial charge in [0.15, 0.2) is 5.78 Å². The highest BCUT2D eigenvalue weighted by Gasteiger charge is 2.35. The first-order valence-electron chi connectivity index (χ1n) is 11.1. The van der Waals surface area contributed by atoms with E-state index in [1.165, 1.54) is 0 Å². The predicted molar refractivity (Wildman–Crippen MR) is 130 cm³/mol. The van der Waals surface area contributed by atoms with Crippen LogP contribution in [0.1, 0.15) is 41.9 Å². The Morgan fingerprint density at radius 2 is 1.56 bits per heavy atom. The van der Waals surface area contributed by atoms with Crippen molar-refractivity contribution in [3.63, 3.8) is 0 Å². The van der Waals surface area contributed by atoms with Crippen LogP contribution < -0.4 is 0 Å². The molecule has 158 valence electrons. The minimum Gasteiger partial charge on any atom is -0.294 e. The van der Waals surface area contributed by atoms with Crippen molar-refractivity contribution in [2.24, 2.45) is 5.41 Å². The van der Waals surface area contributed by atoms with E-state index in [0.29, 0.717) is 6.42 Å². The molecule has 0 fully saturated rings. The maximum atomic E-state index is 13.4. The molecule has 3 heteroatoms. The quantitative estimate of drug-likeness (QED) is 0.362. The highest BCUT2D eigenvalue weighted by atomic mass is 16.1. The number of hydrogen-bond donors (Lipinski definition) is 0. The van der Waals surface area contributed by atoms with Gasteiger partial charge in [-0.15, -0.1) is 0 Å². The van der Waals surface area contributed by atoms with Crippen LogP contribution in [0.3, 0.4) is 0 Å². The largest absolute Gasteiger partial charge is 0.294 e. The summed E-state index contributed by atoms with van der Waals surface area (Å²) < 4.78 is 0. The number of rotatable bonds is 3. The Hall–Kier alpha value is -3.59. The molecule has 0 radical (unpaired) electrons.